The Morgan fingerprint density at radius 1 is 1.26 bits per heavy atom. The van der Waals surface area contributed by atoms with Gasteiger partial charge in [-0.2, -0.15) is 0 Å². The van der Waals surface area contributed by atoms with Crippen LogP contribution in [0.2, 0.25) is 0 Å². The molecule has 0 aliphatic carbocycles. The van der Waals surface area contributed by atoms with Crippen molar-refractivity contribution >= 4 is 11.8 Å². The normalized spacial score (nSPS) is 21.2. The molecule has 1 aromatic carbocycles. The number of likely N-dealkylation sites (tertiary alicyclic amines) is 1. The summed E-state index contributed by atoms with van der Waals surface area (Å²) < 4.78 is 0. The van der Waals surface area contributed by atoms with Crippen molar-refractivity contribution in [3.05, 3.63) is 59.4 Å². The summed E-state index contributed by atoms with van der Waals surface area (Å²) in [5, 5.41) is 0. The Bertz CT molecular complexity index is 723. The van der Waals surface area contributed by atoms with Crippen molar-refractivity contribution in [1.29, 1.82) is 0 Å². The van der Waals surface area contributed by atoms with Gasteiger partial charge in [0.25, 0.3) is 5.91 Å². The molecule has 5 nitrogen and oxygen atoms in total. The lowest BCUT2D eigenvalue weighted by Gasteiger charge is -2.40. The highest BCUT2D eigenvalue weighted by Gasteiger charge is 2.35. The summed E-state index contributed by atoms with van der Waals surface area (Å²) in [5.74, 6) is -0.618. The number of hydrogen-bond acceptors (Lipinski definition) is 2. The lowest BCUT2D eigenvalue weighted by Crippen LogP contribution is -2.47. The molecule has 0 saturated carbocycles. The zero-order chi connectivity index (χ0) is 16.4. The third-order valence-corrected chi connectivity index (χ3v) is 4.65. The van der Waals surface area contributed by atoms with Gasteiger partial charge in [-0.1, -0.05) is 37.3 Å². The van der Waals surface area contributed by atoms with Crippen molar-refractivity contribution in [2.45, 2.75) is 25.2 Å². The maximum absolute atomic E-state index is 12.7. The third kappa shape index (κ3) is 2.99. The van der Waals surface area contributed by atoms with Gasteiger partial charge in [-0.3, -0.25) is 9.59 Å². The second-order valence-corrected chi connectivity index (χ2v) is 6.42. The van der Waals surface area contributed by atoms with E-state index in [0.29, 0.717) is 17.8 Å². The second-order valence-electron chi connectivity index (χ2n) is 6.42. The minimum Gasteiger partial charge on any atom is -0.366 e. The van der Waals surface area contributed by atoms with Crippen LogP contribution in [0.5, 0.6) is 0 Å². The van der Waals surface area contributed by atoms with Gasteiger partial charge in [0.2, 0.25) is 5.91 Å². The molecule has 5 heteroatoms. The number of nitrogens with two attached hydrogens (primary N) is 1. The summed E-state index contributed by atoms with van der Waals surface area (Å²) >= 11 is 0. The number of piperidine rings is 1. The summed E-state index contributed by atoms with van der Waals surface area (Å²) in [6.07, 6.45) is 3.49. The van der Waals surface area contributed by atoms with Crippen LogP contribution in [-0.4, -0.2) is 34.8 Å². The summed E-state index contributed by atoms with van der Waals surface area (Å²) in [4.78, 5) is 28.6. The van der Waals surface area contributed by atoms with Crippen molar-refractivity contribution in [2.24, 2.45) is 5.73 Å². The zero-order valence-electron chi connectivity index (χ0n) is 13.2. The fourth-order valence-electron chi connectivity index (χ4n) is 3.32. The topological polar surface area (TPSA) is 79.2 Å². The number of hydrogen-bond donors (Lipinski definition) is 2. The predicted octanol–water partition coefficient (Wildman–Crippen LogP) is 2.31. The Kier molecular flexibility index (Phi) is 3.94. The maximum Gasteiger partial charge on any atom is 0.270 e. The van der Waals surface area contributed by atoms with Gasteiger partial charge < -0.3 is 15.6 Å². The molecular formula is C18H21N3O2. The molecule has 0 spiro atoms. The highest BCUT2D eigenvalue weighted by Crippen LogP contribution is 2.34. The van der Waals surface area contributed by atoms with Crippen LogP contribution in [0, 0.1) is 0 Å². The number of carbonyl (C=O) groups excluding carboxylic acids is 2. The van der Waals surface area contributed by atoms with Crippen LogP contribution in [0.4, 0.5) is 0 Å². The first kappa shape index (κ1) is 15.3. The van der Waals surface area contributed by atoms with Crippen molar-refractivity contribution in [1.82, 2.24) is 9.88 Å². The summed E-state index contributed by atoms with van der Waals surface area (Å²) in [6.45, 7) is 3.60. The molecule has 2 amide bonds. The lowest BCUT2D eigenvalue weighted by molar-refractivity contribution is 0.0645. The Morgan fingerprint density at radius 3 is 2.65 bits per heavy atom. The van der Waals surface area contributed by atoms with E-state index in [-0.39, 0.29) is 11.3 Å². The largest absolute Gasteiger partial charge is 0.366 e. The molecule has 1 aliphatic heterocycles. The average Bonchev–Trinajstić information content (AvgIpc) is 3.05. The quantitative estimate of drug-likeness (QED) is 0.912. The minimum atomic E-state index is -0.534. The van der Waals surface area contributed by atoms with E-state index in [2.05, 4.69) is 24.0 Å². The first-order valence-corrected chi connectivity index (χ1v) is 7.83. The molecule has 0 radical (unpaired) electrons. The van der Waals surface area contributed by atoms with E-state index in [9.17, 15) is 9.59 Å². The third-order valence-electron chi connectivity index (χ3n) is 4.65. The van der Waals surface area contributed by atoms with E-state index in [1.165, 1.54) is 17.8 Å². The molecule has 3 rings (SSSR count). The Labute approximate surface area is 135 Å². The Balaban J connectivity index is 1.80. The molecule has 2 heterocycles. The van der Waals surface area contributed by atoms with Crippen LogP contribution < -0.4 is 5.73 Å². The highest BCUT2D eigenvalue weighted by atomic mass is 16.2. The average molecular weight is 311 g/mol. The molecule has 23 heavy (non-hydrogen) atoms. The maximum atomic E-state index is 12.7. The number of rotatable bonds is 3. The van der Waals surface area contributed by atoms with Crippen molar-refractivity contribution in [2.75, 3.05) is 13.1 Å². The van der Waals surface area contributed by atoms with Crippen LogP contribution in [-0.2, 0) is 5.41 Å². The minimum absolute atomic E-state index is 0.0473. The summed E-state index contributed by atoms with van der Waals surface area (Å²) in [6, 6.07) is 11.8. The predicted molar refractivity (Wildman–Crippen MR) is 88.2 cm³/mol. The van der Waals surface area contributed by atoms with Crippen molar-refractivity contribution in [3.63, 3.8) is 0 Å². The van der Waals surface area contributed by atoms with E-state index in [1.807, 2.05) is 23.1 Å². The fourth-order valence-corrected chi connectivity index (χ4v) is 3.32. The van der Waals surface area contributed by atoms with Gasteiger partial charge >= 0.3 is 0 Å². The number of aromatic nitrogens is 1. The smallest absolute Gasteiger partial charge is 0.270 e. The number of carbonyl (C=O) groups is 2. The van der Waals surface area contributed by atoms with E-state index in [1.54, 1.807) is 0 Å². The molecule has 3 N–H and O–H groups in total. The highest BCUT2D eigenvalue weighted by molar-refractivity contribution is 5.98. The van der Waals surface area contributed by atoms with Gasteiger partial charge in [-0.05, 0) is 24.5 Å². The van der Waals surface area contributed by atoms with Crippen LogP contribution in [0.3, 0.4) is 0 Å². The zero-order valence-corrected chi connectivity index (χ0v) is 13.2. The monoisotopic (exact) mass is 311 g/mol. The molecule has 1 fully saturated rings. The molecule has 120 valence electrons. The Morgan fingerprint density at radius 2 is 2.00 bits per heavy atom. The van der Waals surface area contributed by atoms with Gasteiger partial charge in [-0.25, -0.2) is 0 Å². The van der Waals surface area contributed by atoms with Crippen LogP contribution in [0.15, 0.2) is 42.6 Å². The van der Waals surface area contributed by atoms with Crippen LogP contribution >= 0.6 is 0 Å². The molecule has 0 bridgehead atoms. The molecule has 1 unspecified atom stereocenters. The van der Waals surface area contributed by atoms with Gasteiger partial charge in [0.05, 0.1) is 5.56 Å². The Hall–Kier alpha value is -2.56. The molecule has 1 atom stereocenters. The van der Waals surface area contributed by atoms with E-state index < -0.39 is 5.91 Å². The molecule has 1 aromatic heterocycles. The number of amides is 2. The van der Waals surface area contributed by atoms with Crippen molar-refractivity contribution in [3.8, 4) is 0 Å². The molecule has 1 saturated heterocycles. The van der Waals surface area contributed by atoms with Gasteiger partial charge in [-0.15, -0.1) is 0 Å². The summed E-state index contributed by atoms with van der Waals surface area (Å²) in [7, 11) is 0. The van der Waals surface area contributed by atoms with E-state index >= 15 is 0 Å². The first-order chi connectivity index (χ1) is 11.0. The first-order valence-electron chi connectivity index (χ1n) is 7.83. The summed E-state index contributed by atoms with van der Waals surface area (Å²) in [5.41, 5.74) is 7.19. The lowest BCUT2D eigenvalue weighted by atomic mass is 9.76. The SMILES string of the molecule is CC1(c2ccccc2)CCCN(C(=O)c2cc(C(N)=O)c[nH]2)C1. The van der Waals surface area contributed by atoms with E-state index in [4.69, 9.17) is 5.73 Å². The second kappa shape index (κ2) is 5.91. The standard InChI is InChI=1S/C18H21N3O2/c1-18(14-6-3-2-4-7-14)8-5-9-21(12-18)17(23)15-10-13(11-20-15)16(19)22/h2-4,6-7,10-11,20H,5,8-9,12H2,1H3,(H2,19,22). The number of benzene rings is 1. The van der Waals surface area contributed by atoms with Crippen molar-refractivity contribution < 1.29 is 9.59 Å². The number of aromatic amines is 1. The number of nitrogens with zero attached hydrogens (tertiary/aromatic N) is 1. The van der Waals surface area contributed by atoms with Gasteiger partial charge in [0, 0.05) is 24.7 Å². The van der Waals surface area contributed by atoms with Crippen LogP contribution in [0.25, 0.3) is 0 Å². The molecule has 2 aromatic rings. The fraction of sp³-hybridized carbons (Fsp3) is 0.333. The molecule has 1 aliphatic rings. The van der Waals surface area contributed by atoms with Crippen LogP contribution in [0.1, 0.15) is 46.2 Å². The molecular weight excluding hydrogens is 290 g/mol. The number of primary amides is 1. The number of H-pyrrole nitrogens is 1. The number of nitrogens with one attached hydrogen (secondary N) is 1. The van der Waals surface area contributed by atoms with Gasteiger partial charge in [0.15, 0.2) is 0 Å². The van der Waals surface area contributed by atoms with Gasteiger partial charge in [0.1, 0.15) is 5.69 Å². The van der Waals surface area contributed by atoms with E-state index in [0.717, 1.165) is 19.4 Å².